The Morgan fingerprint density at radius 2 is 1.76 bits per heavy atom. The van der Waals surface area contributed by atoms with Gasteiger partial charge in [0.1, 0.15) is 18.2 Å². The first-order valence-corrected chi connectivity index (χ1v) is 9.00. The molecule has 7 heteroatoms. The lowest BCUT2D eigenvalue weighted by atomic mass is 10.1. The first-order valence-electron chi connectivity index (χ1n) is 7.41. The molecule has 0 saturated heterocycles. The summed E-state index contributed by atoms with van der Waals surface area (Å²) in [5, 5.41) is 9.77. The maximum Gasteiger partial charge on any atom is 0.352 e. The standard InChI is InChI=1S/C18H17Br2NO4/c1-24-18(23)16(9-13-7-14(19)17(22)15(20)8-13)21-11-25-10-12-5-3-2-4-6-12/h2-8,22H,9-11H2,1H3/b21-16-. The van der Waals surface area contributed by atoms with Crippen LogP contribution >= 0.6 is 31.9 Å². The average Bonchev–Trinajstić information content (AvgIpc) is 2.62. The number of carbonyl (C=O) groups excluding carboxylic acids is 1. The van der Waals surface area contributed by atoms with Gasteiger partial charge >= 0.3 is 5.97 Å². The number of rotatable bonds is 7. The summed E-state index contributed by atoms with van der Waals surface area (Å²) in [5.74, 6) is -0.407. The molecule has 0 aliphatic carbocycles. The van der Waals surface area contributed by atoms with Crippen LogP contribution in [0.4, 0.5) is 0 Å². The van der Waals surface area contributed by atoms with Gasteiger partial charge in [0.2, 0.25) is 0 Å². The number of aliphatic imine (C=N–C) groups is 1. The molecule has 25 heavy (non-hydrogen) atoms. The largest absolute Gasteiger partial charge is 0.506 e. The average molecular weight is 471 g/mol. The SMILES string of the molecule is COC(=O)/C(Cc1cc(Br)c(O)c(Br)c1)=N\COCc1ccccc1. The molecule has 0 radical (unpaired) electrons. The van der Waals surface area contributed by atoms with Crippen molar-refractivity contribution < 1.29 is 19.4 Å². The van der Waals surface area contributed by atoms with Crippen LogP contribution in [-0.4, -0.2) is 30.6 Å². The van der Waals surface area contributed by atoms with E-state index >= 15 is 0 Å². The van der Waals surface area contributed by atoms with Gasteiger partial charge in [0.25, 0.3) is 0 Å². The molecule has 0 heterocycles. The molecule has 132 valence electrons. The quantitative estimate of drug-likeness (QED) is 0.373. The van der Waals surface area contributed by atoms with E-state index in [0.29, 0.717) is 15.6 Å². The summed E-state index contributed by atoms with van der Waals surface area (Å²) >= 11 is 6.54. The molecule has 1 N–H and O–H groups in total. The molecule has 0 amide bonds. The number of benzene rings is 2. The summed E-state index contributed by atoms with van der Waals surface area (Å²) in [6, 6.07) is 13.2. The highest BCUT2D eigenvalue weighted by Gasteiger charge is 2.15. The Morgan fingerprint density at radius 1 is 1.12 bits per heavy atom. The monoisotopic (exact) mass is 469 g/mol. The van der Waals surface area contributed by atoms with Gasteiger partial charge < -0.3 is 14.6 Å². The fourth-order valence-corrected chi connectivity index (χ4v) is 3.37. The van der Waals surface area contributed by atoms with Gasteiger partial charge in [-0.05, 0) is 55.1 Å². The molecule has 2 aromatic rings. The molecule has 2 rings (SSSR count). The fourth-order valence-electron chi connectivity index (χ4n) is 2.09. The second kappa shape index (κ2) is 9.70. The van der Waals surface area contributed by atoms with Crippen LogP contribution in [0.25, 0.3) is 0 Å². The van der Waals surface area contributed by atoms with Crippen molar-refractivity contribution in [1.82, 2.24) is 0 Å². The van der Waals surface area contributed by atoms with Gasteiger partial charge in [0.05, 0.1) is 22.7 Å². The number of hydrogen-bond acceptors (Lipinski definition) is 5. The van der Waals surface area contributed by atoms with Crippen molar-refractivity contribution in [3.63, 3.8) is 0 Å². The molecule has 5 nitrogen and oxygen atoms in total. The number of aromatic hydroxyl groups is 1. The topological polar surface area (TPSA) is 68.1 Å². The first-order chi connectivity index (χ1) is 12.0. The van der Waals surface area contributed by atoms with E-state index in [4.69, 9.17) is 9.47 Å². The van der Waals surface area contributed by atoms with E-state index in [1.165, 1.54) is 7.11 Å². The number of esters is 1. The van der Waals surface area contributed by atoms with Gasteiger partial charge in [0, 0.05) is 6.42 Å². The highest BCUT2D eigenvalue weighted by atomic mass is 79.9. The molecule has 2 aromatic carbocycles. The number of nitrogens with zero attached hydrogens (tertiary/aromatic N) is 1. The fraction of sp³-hybridized carbons (Fsp3) is 0.222. The second-order valence-corrected chi connectivity index (χ2v) is 6.85. The molecular weight excluding hydrogens is 454 g/mol. The lowest BCUT2D eigenvalue weighted by Gasteiger charge is -2.08. The maximum atomic E-state index is 11.9. The summed E-state index contributed by atoms with van der Waals surface area (Å²) in [6.07, 6.45) is 0.263. The number of phenolic OH excluding ortho intramolecular Hbond substituents is 1. The van der Waals surface area contributed by atoms with Gasteiger partial charge in [-0.25, -0.2) is 4.79 Å². The molecular formula is C18H17Br2NO4. The van der Waals surface area contributed by atoms with Gasteiger partial charge in [-0.3, -0.25) is 4.99 Å². The van der Waals surface area contributed by atoms with E-state index in [2.05, 4.69) is 36.9 Å². The third-order valence-electron chi connectivity index (χ3n) is 3.33. The predicted octanol–water partition coefficient (Wildman–Crippen LogP) is 4.25. The highest BCUT2D eigenvalue weighted by Crippen LogP contribution is 2.33. The van der Waals surface area contributed by atoms with Gasteiger partial charge in [-0.1, -0.05) is 30.3 Å². The Hall–Kier alpha value is -1.70. The Kier molecular flexibility index (Phi) is 7.61. The number of methoxy groups -OCH3 is 1. The van der Waals surface area contributed by atoms with Crippen molar-refractivity contribution in [1.29, 1.82) is 0 Å². The van der Waals surface area contributed by atoms with Crippen LogP contribution in [0.3, 0.4) is 0 Å². The molecule has 0 spiro atoms. The second-order valence-electron chi connectivity index (χ2n) is 5.14. The van der Waals surface area contributed by atoms with Crippen molar-refractivity contribution in [2.24, 2.45) is 4.99 Å². The van der Waals surface area contributed by atoms with Crippen molar-refractivity contribution in [3.8, 4) is 5.75 Å². The number of ether oxygens (including phenoxy) is 2. The molecule has 0 fully saturated rings. The normalized spacial score (nSPS) is 11.4. The summed E-state index contributed by atoms with van der Waals surface area (Å²) in [5.41, 5.74) is 2.08. The number of hydrogen-bond donors (Lipinski definition) is 1. The van der Waals surface area contributed by atoms with Crippen molar-refractivity contribution in [3.05, 3.63) is 62.5 Å². The summed E-state index contributed by atoms with van der Waals surface area (Å²) < 4.78 is 11.3. The lowest BCUT2D eigenvalue weighted by Crippen LogP contribution is -2.19. The summed E-state index contributed by atoms with van der Waals surface area (Å²) in [7, 11) is 1.31. The van der Waals surface area contributed by atoms with Crippen molar-refractivity contribution in [2.75, 3.05) is 13.8 Å². The highest BCUT2D eigenvalue weighted by molar-refractivity contribution is 9.11. The number of halogens is 2. The number of phenols is 1. The Balaban J connectivity index is 2.04. The van der Waals surface area contributed by atoms with E-state index in [-0.39, 0.29) is 24.6 Å². The minimum absolute atomic E-state index is 0.0553. The molecule has 0 aliphatic rings. The van der Waals surface area contributed by atoms with E-state index < -0.39 is 5.97 Å². The zero-order chi connectivity index (χ0) is 18.2. The van der Waals surface area contributed by atoms with Crippen LogP contribution in [0.1, 0.15) is 11.1 Å². The molecule has 0 bridgehead atoms. The minimum Gasteiger partial charge on any atom is -0.506 e. The molecule has 0 aliphatic heterocycles. The zero-order valence-corrected chi connectivity index (χ0v) is 16.7. The lowest BCUT2D eigenvalue weighted by molar-refractivity contribution is -0.132. The third kappa shape index (κ3) is 5.95. The van der Waals surface area contributed by atoms with Crippen molar-refractivity contribution in [2.45, 2.75) is 13.0 Å². The van der Waals surface area contributed by atoms with Crippen LogP contribution < -0.4 is 0 Å². The summed E-state index contributed by atoms with van der Waals surface area (Å²) in [4.78, 5) is 16.1. The molecule has 0 atom stereocenters. The van der Waals surface area contributed by atoms with Crippen LogP contribution in [-0.2, 0) is 27.3 Å². The molecule has 0 aromatic heterocycles. The molecule has 0 saturated carbocycles. The summed E-state index contributed by atoms with van der Waals surface area (Å²) in [6.45, 7) is 0.467. The van der Waals surface area contributed by atoms with Crippen LogP contribution in [0.15, 0.2) is 56.4 Å². The minimum atomic E-state index is -0.511. The van der Waals surface area contributed by atoms with Crippen LogP contribution in [0.2, 0.25) is 0 Å². The van der Waals surface area contributed by atoms with Crippen LogP contribution in [0, 0.1) is 0 Å². The van der Waals surface area contributed by atoms with E-state index in [1.807, 2.05) is 30.3 Å². The van der Waals surface area contributed by atoms with Crippen LogP contribution in [0.5, 0.6) is 5.75 Å². The maximum absolute atomic E-state index is 11.9. The van der Waals surface area contributed by atoms with E-state index in [1.54, 1.807) is 12.1 Å². The number of carbonyl (C=O) groups is 1. The van der Waals surface area contributed by atoms with E-state index in [0.717, 1.165) is 11.1 Å². The third-order valence-corrected chi connectivity index (χ3v) is 4.54. The Labute approximate surface area is 162 Å². The van der Waals surface area contributed by atoms with E-state index in [9.17, 15) is 9.90 Å². The smallest absolute Gasteiger partial charge is 0.352 e. The van der Waals surface area contributed by atoms with Gasteiger partial charge in [-0.2, -0.15) is 0 Å². The van der Waals surface area contributed by atoms with Crippen molar-refractivity contribution >= 4 is 43.5 Å². The predicted molar refractivity (Wildman–Crippen MR) is 103 cm³/mol. The Bertz CT molecular complexity index is 740. The molecule has 0 unspecified atom stereocenters. The Morgan fingerprint density at radius 3 is 2.36 bits per heavy atom. The zero-order valence-electron chi connectivity index (χ0n) is 13.5. The van der Waals surface area contributed by atoms with Gasteiger partial charge in [0.15, 0.2) is 0 Å². The first kappa shape index (κ1) is 19.6. The van der Waals surface area contributed by atoms with Gasteiger partial charge in [-0.15, -0.1) is 0 Å².